The lowest BCUT2D eigenvalue weighted by molar-refractivity contribution is 0.103. The van der Waals surface area contributed by atoms with Crippen molar-refractivity contribution >= 4 is 11.5 Å². The Bertz CT molecular complexity index is 597. The van der Waals surface area contributed by atoms with Gasteiger partial charge in [0.05, 0.1) is 0 Å². The minimum atomic E-state index is -0.496. The van der Waals surface area contributed by atoms with Crippen molar-refractivity contribution in [2.75, 3.05) is 5.73 Å². The lowest BCUT2D eigenvalue weighted by Crippen LogP contribution is -2.03. The molecule has 0 aromatic heterocycles. The van der Waals surface area contributed by atoms with Crippen molar-refractivity contribution in [3.8, 4) is 0 Å². The van der Waals surface area contributed by atoms with Gasteiger partial charge in [-0.05, 0) is 36.1 Å². The van der Waals surface area contributed by atoms with Gasteiger partial charge >= 0.3 is 0 Å². The Labute approximate surface area is 118 Å². The molecule has 0 saturated heterocycles. The molecule has 0 spiro atoms. The molecule has 0 saturated carbocycles. The Balaban J connectivity index is 2.24. The standard InChI is InChI=1S/C17H18FNO/c1-11(2)7-12-3-5-13(6-4-12)17(20)14-8-15(18)10-16(19)9-14/h3-6,8-11H,7,19H2,1-2H3. The van der Waals surface area contributed by atoms with E-state index in [-0.39, 0.29) is 17.0 Å². The number of ketones is 1. The number of carbonyl (C=O) groups excluding carboxylic acids is 1. The predicted molar refractivity (Wildman–Crippen MR) is 79.2 cm³/mol. The first kappa shape index (κ1) is 14.3. The molecule has 2 N–H and O–H groups in total. The van der Waals surface area contributed by atoms with Crippen molar-refractivity contribution in [3.05, 3.63) is 65.0 Å². The predicted octanol–water partition coefficient (Wildman–Crippen LogP) is 3.84. The third-order valence-electron chi connectivity index (χ3n) is 3.04. The van der Waals surface area contributed by atoms with Crippen LogP contribution in [0.5, 0.6) is 0 Å². The van der Waals surface area contributed by atoms with Crippen LogP contribution >= 0.6 is 0 Å². The van der Waals surface area contributed by atoms with Gasteiger partial charge in [0.1, 0.15) is 5.82 Å². The third kappa shape index (κ3) is 3.44. The second-order valence-corrected chi connectivity index (χ2v) is 5.40. The Kier molecular flexibility index (Phi) is 4.18. The number of halogens is 1. The average molecular weight is 271 g/mol. The molecule has 0 fully saturated rings. The molecule has 2 nitrogen and oxygen atoms in total. The van der Waals surface area contributed by atoms with Crippen LogP contribution in [0.25, 0.3) is 0 Å². The van der Waals surface area contributed by atoms with Crippen molar-refractivity contribution < 1.29 is 9.18 Å². The molecule has 2 aromatic carbocycles. The topological polar surface area (TPSA) is 43.1 Å². The molecule has 0 unspecified atom stereocenters. The van der Waals surface area contributed by atoms with Gasteiger partial charge in [-0.2, -0.15) is 0 Å². The summed E-state index contributed by atoms with van der Waals surface area (Å²) < 4.78 is 13.3. The summed E-state index contributed by atoms with van der Waals surface area (Å²) in [6.07, 6.45) is 0.974. The first-order valence-electron chi connectivity index (χ1n) is 6.65. The third-order valence-corrected chi connectivity index (χ3v) is 3.04. The summed E-state index contributed by atoms with van der Waals surface area (Å²) in [5, 5.41) is 0. The normalized spacial score (nSPS) is 10.8. The van der Waals surface area contributed by atoms with E-state index in [4.69, 9.17) is 5.73 Å². The number of nitrogens with two attached hydrogens (primary N) is 1. The van der Waals surface area contributed by atoms with E-state index < -0.39 is 5.82 Å². The van der Waals surface area contributed by atoms with E-state index in [0.717, 1.165) is 6.42 Å². The van der Waals surface area contributed by atoms with Crippen LogP contribution < -0.4 is 5.73 Å². The van der Waals surface area contributed by atoms with Crippen molar-refractivity contribution in [2.45, 2.75) is 20.3 Å². The number of nitrogen functional groups attached to an aromatic ring is 1. The van der Waals surface area contributed by atoms with Crippen molar-refractivity contribution in [2.24, 2.45) is 5.92 Å². The highest BCUT2D eigenvalue weighted by Crippen LogP contribution is 2.17. The molecule has 3 heteroatoms. The minimum absolute atomic E-state index is 0.215. The van der Waals surface area contributed by atoms with Crippen LogP contribution in [0.3, 0.4) is 0 Å². The van der Waals surface area contributed by atoms with Crippen molar-refractivity contribution in [1.29, 1.82) is 0 Å². The number of carbonyl (C=O) groups is 1. The minimum Gasteiger partial charge on any atom is -0.399 e. The average Bonchev–Trinajstić information content (AvgIpc) is 2.37. The quantitative estimate of drug-likeness (QED) is 0.678. The first-order valence-corrected chi connectivity index (χ1v) is 6.65. The van der Waals surface area contributed by atoms with Crippen LogP contribution in [0.2, 0.25) is 0 Å². The van der Waals surface area contributed by atoms with E-state index in [0.29, 0.717) is 11.5 Å². The zero-order valence-electron chi connectivity index (χ0n) is 11.7. The highest BCUT2D eigenvalue weighted by Gasteiger charge is 2.11. The zero-order chi connectivity index (χ0) is 14.7. The van der Waals surface area contributed by atoms with E-state index in [1.54, 1.807) is 12.1 Å². The maximum absolute atomic E-state index is 13.3. The van der Waals surface area contributed by atoms with Crippen LogP contribution in [-0.4, -0.2) is 5.78 Å². The highest BCUT2D eigenvalue weighted by atomic mass is 19.1. The van der Waals surface area contributed by atoms with Crippen LogP contribution in [0.1, 0.15) is 35.3 Å². The lowest BCUT2D eigenvalue weighted by atomic mass is 9.98. The van der Waals surface area contributed by atoms with E-state index >= 15 is 0 Å². The monoisotopic (exact) mass is 271 g/mol. The zero-order valence-corrected chi connectivity index (χ0v) is 11.7. The number of hydrogen-bond donors (Lipinski definition) is 1. The molecule has 0 atom stereocenters. The maximum atomic E-state index is 13.3. The molecule has 0 amide bonds. The second kappa shape index (κ2) is 5.87. The molecule has 104 valence electrons. The Morgan fingerprint density at radius 1 is 1.10 bits per heavy atom. The molecule has 0 bridgehead atoms. The largest absolute Gasteiger partial charge is 0.399 e. The summed E-state index contributed by atoms with van der Waals surface area (Å²) in [6, 6.07) is 11.3. The highest BCUT2D eigenvalue weighted by molar-refractivity contribution is 6.09. The molecule has 2 rings (SSSR count). The van der Waals surface area contributed by atoms with Gasteiger partial charge < -0.3 is 5.73 Å². The molecule has 0 radical (unpaired) electrons. The maximum Gasteiger partial charge on any atom is 0.193 e. The fraction of sp³-hybridized carbons (Fsp3) is 0.235. The van der Waals surface area contributed by atoms with E-state index in [9.17, 15) is 9.18 Å². The number of rotatable bonds is 4. The van der Waals surface area contributed by atoms with E-state index in [1.807, 2.05) is 12.1 Å². The fourth-order valence-electron chi connectivity index (χ4n) is 2.17. The Morgan fingerprint density at radius 2 is 1.75 bits per heavy atom. The summed E-state index contributed by atoms with van der Waals surface area (Å²) in [4.78, 5) is 12.3. The molecule has 0 heterocycles. The van der Waals surface area contributed by atoms with Gasteiger partial charge in [-0.25, -0.2) is 4.39 Å². The van der Waals surface area contributed by atoms with Crippen LogP contribution in [0.15, 0.2) is 42.5 Å². The molecule has 2 aromatic rings. The van der Waals surface area contributed by atoms with E-state index in [2.05, 4.69) is 13.8 Å². The van der Waals surface area contributed by atoms with Gasteiger partial charge in [-0.15, -0.1) is 0 Å². The van der Waals surface area contributed by atoms with Gasteiger partial charge in [0.15, 0.2) is 5.78 Å². The smallest absolute Gasteiger partial charge is 0.193 e. The van der Waals surface area contributed by atoms with Crippen LogP contribution in [0, 0.1) is 11.7 Å². The van der Waals surface area contributed by atoms with Crippen LogP contribution in [-0.2, 0) is 6.42 Å². The van der Waals surface area contributed by atoms with Gasteiger partial charge in [-0.1, -0.05) is 38.1 Å². The second-order valence-electron chi connectivity index (χ2n) is 5.40. The fourth-order valence-corrected chi connectivity index (χ4v) is 2.17. The van der Waals surface area contributed by atoms with Crippen molar-refractivity contribution in [3.63, 3.8) is 0 Å². The number of hydrogen-bond acceptors (Lipinski definition) is 2. The van der Waals surface area contributed by atoms with Gasteiger partial charge in [0.2, 0.25) is 0 Å². The molecular weight excluding hydrogens is 253 g/mol. The molecule has 20 heavy (non-hydrogen) atoms. The summed E-state index contributed by atoms with van der Waals surface area (Å²) in [7, 11) is 0. The molecule has 0 aliphatic rings. The van der Waals surface area contributed by atoms with Gasteiger partial charge in [0.25, 0.3) is 0 Å². The lowest BCUT2D eigenvalue weighted by Gasteiger charge is -2.07. The SMILES string of the molecule is CC(C)Cc1ccc(C(=O)c2cc(N)cc(F)c2)cc1. The van der Waals surface area contributed by atoms with Gasteiger partial charge in [-0.3, -0.25) is 4.79 Å². The number of anilines is 1. The van der Waals surface area contributed by atoms with Crippen LogP contribution in [0.4, 0.5) is 10.1 Å². The Morgan fingerprint density at radius 3 is 2.30 bits per heavy atom. The molecule has 0 aliphatic heterocycles. The molecular formula is C17H18FNO. The van der Waals surface area contributed by atoms with Crippen molar-refractivity contribution in [1.82, 2.24) is 0 Å². The summed E-state index contributed by atoms with van der Waals surface area (Å²) in [5.74, 6) is -0.142. The first-order chi connectivity index (χ1) is 9.45. The summed E-state index contributed by atoms with van der Waals surface area (Å²) in [6.45, 7) is 4.29. The van der Waals surface area contributed by atoms with E-state index in [1.165, 1.54) is 23.8 Å². The molecule has 0 aliphatic carbocycles. The summed E-state index contributed by atoms with van der Waals surface area (Å²) >= 11 is 0. The summed E-state index contributed by atoms with van der Waals surface area (Å²) in [5.41, 5.74) is 7.83. The number of benzene rings is 2. The van der Waals surface area contributed by atoms with Gasteiger partial charge in [0, 0.05) is 16.8 Å². The Hall–Kier alpha value is -2.16.